The van der Waals surface area contributed by atoms with Gasteiger partial charge in [0.2, 0.25) is 0 Å². The van der Waals surface area contributed by atoms with Crippen LogP contribution in [0.5, 0.6) is 0 Å². The molecule has 0 aromatic heterocycles. The monoisotopic (exact) mass is 594 g/mol. The van der Waals surface area contributed by atoms with Crippen molar-refractivity contribution < 1.29 is 0 Å². The highest BCUT2D eigenvalue weighted by atomic mass is 14.5. The van der Waals surface area contributed by atoms with E-state index >= 15 is 0 Å². The Hall–Kier alpha value is -5.72. The van der Waals surface area contributed by atoms with Gasteiger partial charge in [-0.15, -0.1) is 0 Å². The van der Waals surface area contributed by atoms with Gasteiger partial charge in [-0.05, 0) is 149 Å². The van der Waals surface area contributed by atoms with Crippen molar-refractivity contribution in [3.8, 4) is 55.6 Å². The Bertz CT molecular complexity index is 2640. The molecule has 0 radical (unpaired) electrons. The zero-order valence-electron chi connectivity index (χ0n) is 26.4. The van der Waals surface area contributed by atoms with Gasteiger partial charge >= 0.3 is 0 Å². The third kappa shape index (κ3) is 3.00. The minimum absolute atomic E-state index is 0.352. The number of benzene rings is 8. The molecule has 0 nitrogen and oxygen atoms in total. The van der Waals surface area contributed by atoms with Crippen LogP contribution in [-0.2, 0) is 5.41 Å². The number of fused-ring (bicyclic) bond motifs is 15. The van der Waals surface area contributed by atoms with Gasteiger partial charge in [0, 0.05) is 0 Å². The normalized spacial score (nSPS) is 13.9. The molecule has 11 rings (SSSR count). The molecule has 47 heavy (non-hydrogen) atoms. The van der Waals surface area contributed by atoms with Crippen LogP contribution < -0.4 is 0 Å². The number of hydrogen-bond acceptors (Lipinski definition) is 0. The van der Waals surface area contributed by atoms with Crippen LogP contribution in [0.1, 0.15) is 33.4 Å². The molecule has 218 valence electrons. The standard InChI is InChI=1S/C47H30/c1-27-11-9-12-28(2)44(27)30-22-21-29-24-37-34-16-10-17-36-45(34)39(38(37)25-31(29)23-30)26-43-46(36)35-15-5-8-20-42(35)47(43)40-18-6-3-13-32(40)33-14-4-7-19-41(33)47/h3-26H,1-2H3. The van der Waals surface area contributed by atoms with Gasteiger partial charge in [-0.1, -0.05) is 121 Å². The molecule has 3 aliphatic carbocycles. The van der Waals surface area contributed by atoms with Gasteiger partial charge in [0.05, 0.1) is 5.41 Å². The first-order chi connectivity index (χ1) is 23.1. The smallest absolute Gasteiger partial charge is 0.0619 e. The third-order valence-corrected chi connectivity index (χ3v) is 11.4. The van der Waals surface area contributed by atoms with Crippen LogP contribution in [0.2, 0.25) is 0 Å². The van der Waals surface area contributed by atoms with E-state index in [9.17, 15) is 0 Å². The molecule has 0 amide bonds. The average Bonchev–Trinajstić information content (AvgIpc) is 3.70. The quantitative estimate of drug-likeness (QED) is 0.177. The van der Waals surface area contributed by atoms with E-state index < -0.39 is 0 Å². The van der Waals surface area contributed by atoms with Crippen LogP contribution >= 0.6 is 0 Å². The van der Waals surface area contributed by atoms with Gasteiger partial charge in [0.15, 0.2) is 0 Å². The van der Waals surface area contributed by atoms with Gasteiger partial charge in [-0.2, -0.15) is 0 Å². The Balaban J connectivity index is 1.25. The lowest BCUT2D eigenvalue weighted by molar-refractivity contribution is 0.795. The van der Waals surface area contributed by atoms with Gasteiger partial charge < -0.3 is 0 Å². The van der Waals surface area contributed by atoms with Crippen molar-refractivity contribution >= 4 is 21.5 Å². The zero-order chi connectivity index (χ0) is 31.0. The van der Waals surface area contributed by atoms with E-state index in [0.29, 0.717) is 0 Å². The first-order valence-electron chi connectivity index (χ1n) is 16.7. The third-order valence-electron chi connectivity index (χ3n) is 11.4. The van der Waals surface area contributed by atoms with Crippen molar-refractivity contribution in [1.29, 1.82) is 0 Å². The molecule has 0 bridgehead atoms. The van der Waals surface area contributed by atoms with Crippen molar-refractivity contribution in [2.45, 2.75) is 19.3 Å². The molecule has 0 aliphatic heterocycles. The van der Waals surface area contributed by atoms with E-state index in [-0.39, 0.29) is 5.41 Å². The molecular weight excluding hydrogens is 565 g/mol. The minimum atomic E-state index is -0.352. The summed E-state index contributed by atoms with van der Waals surface area (Å²) in [6, 6.07) is 55.5. The molecule has 0 atom stereocenters. The molecule has 3 aliphatic rings. The van der Waals surface area contributed by atoms with E-state index in [1.54, 1.807) is 0 Å². The Morgan fingerprint density at radius 1 is 0.362 bits per heavy atom. The highest BCUT2D eigenvalue weighted by Gasteiger charge is 2.52. The van der Waals surface area contributed by atoms with Crippen LogP contribution in [0.4, 0.5) is 0 Å². The second-order valence-corrected chi connectivity index (χ2v) is 13.7. The van der Waals surface area contributed by atoms with Crippen molar-refractivity contribution in [3.05, 3.63) is 179 Å². The second kappa shape index (κ2) is 8.75. The number of rotatable bonds is 1. The molecule has 0 heterocycles. The van der Waals surface area contributed by atoms with Crippen LogP contribution in [0.3, 0.4) is 0 Å². The van der Waals surface area contributed by atoms with E-state index in [1.807, 2.05) is 0 Å². The van der Waals surface area contributed by atoms with Crippen molar-refractivity contribution in [2.24, 2.45) is 0 Å². The van der Waals surface area contributed by atoms with Crippen LogP contribution in [0, 0.1) is 13.8 Å². The maximum Gasteiger partial charge on any atom is 0.0725 e. The fourth-order valence-corrected chi connectivity index (χ4v) is 9.66. The summed E-state index contributed by atoms with van der Waals surface area (Å²) in [6.45, 7) is 4.45. The van der Waals surface area contributed by atoms with Crippen molar-refractivity contribution in [3.63, 3.8) is 0 Å². The molecule has 0 heteroatoms. The molecule has 0 fully saturated rings. The predicted octanol–water partition coefficient (Wildman–Crippen LogP) is 12.3. The van der Waals surface area contributed by atoms with E-state index in [2.05, 4.69) is 159 Å². The topological polar surface area (TPSA) is 0 Å². The fraction of sp³-hybridized carbons (Fsp3) is 0.0638. The van der Waals surface area contributed by atoms with Crippen molar-refractivity contribution in [1.82, 2.24) is 0 Å². The minimum Gasteiger partial charge on any atom is -0.0619 e. The van der Waals surface area contributed by atoms with E-state index in [1.165, 1.54) is 111 Å². The number of hydrogen-bond donors (Lipinski definition) is 0. The largest absolute Gasteiger partial charge is 0.0725 e. The Labute approximate surface area is 274 Å². The van der Waals surface area contributed by atoms with Crippen LogP contribution in [-0.4, -0.2) is 0 Å². The lowest BCUT2D eigenvalue weighted by Crippen LogP contribution is -2.25. The molecule has 8 aromatic carbocycles. The Morgan fingerprint density at radius 3 is 1.66 bits per heavy atom. The predicted molar refractivity (Wildman–Crippen MR) is 197 cm³/mol. The molecule has 8 aromatic rings. The van der Waals surface area contributed by atoms with Gasteiger partial charge in [0.1, 0.15) is 0 Å². The lowest BCUT2D eigenvalue weighted by Gasteiger charge is -2.30. The maximum absolute atomic E-state index is 2.58. The summed E-state index contributed by atoms with van der Waals surface area (Å²) in [4.78, 5) is 0. The summed E-state index contributed by atoms with van der Waals surface area (Å²) in [6.07, 6.45) is 0. The summed E-state index contributed by atoms with van der Waals surface area (Å²) in [5.41, 5.74) is 21.4. The molecule has 1 spiro atoms. The number of aryl methyl sites for hydroxylation is 2. The summed E-state index contributed by atoms with van der Waals surface area (Å²) < 4.78 is 0. The molecular formula is C47H30. The maximum atomic E-state index is 2.58. The molecule has 0 unspecified atom stereocenters. The SMILES string of the molecule is Cc1cccc(C)c1-c1ccc2cc3c(cc2c1)-c1cc2c(c4cccc-3c14)-c1ccccc1C21c2ccccc2-c2ccccc21. The highest BCUT2D eigenvalue weighted by molar-refractivity contribution is 6.22. The second-order valence-electron chi connectivity index (χ2n) is 13.7. The van der Waals surface area contributed by atoms with Gasteiger partial charge in [-0.3, -0.25) is 0 Å². The molecule has 0 N–H and O–H groups in total. The zero-order valence-corrected chi connectivity index (χ0v) is 26.4. The first kappa shape index (κ1) is 25.5. The van der Waals surface area contributed by atoms with Crippen molar-refractivity contribution in [2.75, 3.05) is 0 Å². The van der Waals surface area contributed by atoms with Gasteiger partial charge in [0.25, 0.3) is 0 Å². The summed E-state index contributed by atoms with van der Waals surface area (Å²) in [5, 5.41) is 5.33. The summed E-state index contributed by atoms with van der Waals surface area (Å²) in [7, 11) is 0. The van der Waals surface area contributed by atoms with E-state index in [4.69, 9.17) is 0 Å². The fourth-order valence-electron chi connectivity index (χ4n) is 9.66. The Kier molecular flexibility index (Phi) is 4.74. The van der Waals surface area contributed by atoms with Crippen LogP contribution in [0.15, 0.2) is 146 Å². The lowest BCUT2D eigenvalue weighted by atomic mass is 9.70. The van der Waals surface area contributed by atoms with Gasteiger partial charge in [-0.25, -0.2) is 0 Å². The summed E-state index contributed by atoms with van der Waals surface area (Å²) in [5.74, 6) is 0. The summed E-state index contributed by atoms with van der Waals surface area (Å²) >= 11 is 0. The molecule has 0 saturated heterocycles. The van der Waals surface area contributed by atoms with Crippen LogP contribution in [0.25, 0.3) is 77.2 Å². The highest BCUT2D eigenvalue weighted by Crippen LogP contribution is 2.65. The van der Waals surface area contributed by atoms with E-state index in [0.717, 1.165) is 0 Å². The Morgan fingerprint density at radius 2 is 0.936 bits per heavy atom. The average molecular weight is 595 g/mol. The first-order valence-corrected chi connectivity index (χ1v) is 16.7. The molecule has 0 saturated carbocycles.